The van der Waals surface area contributed by atoms with Gasteiger partial charge < -0.3 is 0 Å². The molecule has 0 unspecified atom stereocenters. The van der Waals surface area contributed by atoms with Crippen molar-refractivity contribution in [3.63, 3.8) is 0 Å². The Hall–Kier alpha value is -1.18. The van der Waals surface area contributed by atoms with E-state index in [1.165, 1.54) is 19.3 Å². The van der Waals surface area contributed by atoms with E-state index in [0.717, 1.165) is 5.56 Å². The Balaban J connectivity index is 2.06. The van der Waals surface area contributed by atoms with E-state index < -0.39 is 0 Å². The SMILES string of the molecule is Cc1cccnc1C(=O)CC1CCC1. The fourth-order valence-corrected chi connectivity index (χ4v) is 1.83. The zero-order valence-electron chi connectivity index (χ0n) is 8.49. The molecule has 0 amide bonds. The lowest BCUT2D eigenvalue weighted by molar-refractivity contribution is 0.0931. The molecular weight excluding hydrogens is 174 g/mol. The van der Waals surface area contributed by atoms with Crippen LogP contribution < -0.4 is 0 Å². The van der Waals surface area contributed by atoms with Crippen LogP contribution in [-0.2, 0) is 0 Å². The van der Waals surface area contributed by atoms with E-state index in [0.29, 0.717) is 18.0 Å². The summed E-state index contributed by atoms with van der Waals surface area (Å²) in [5, 5.41) is 0. The first-order chi connectivity index (χ1) is 6.77. The summed E-state index contributed by atoms with van der Waals surface area (Å²) in [6.45, 7) is 1.95. The first-order valence-corrected chi connectivity index (χ1v) is 5.22. The molecule has 14 heavy (non-hydrogen) atoms. The van der Waals surface area contributed by atoms with Gasteiger partial charge >= 0.3 is 0 Å². The fourth-order valence-electron chi connectivity index (χ4n) is 1.83. The van der Waals surface area contributed by atoms with Crippen LogP contribution in [0.1, 0.15) is 41.7 Å². The molecule has 2 rings (SSSR count). The highest BCUT2D eigenvalue weighted by Gasteiger charge is 2.22. The summed E-state index contributed by atoms with van der Waals surface area (Å²) in [6.07, 6.45) is 6.12. The third-order valence-electron chi connectivity index (χ3n) is 2.97. The number of carbonyl (C=O) groups is 1. The summed E-state index contributed by atoms with van der Waals surface area (Å²) < 4.78 is 0. The Morgan fingerprint density at radius 1 is 1.57 bits per heavy atom. The minimum atomic E-state index is 0.216. The molecule has 0 aliphatic heterocycles. The van der Waals surface area contributed by atoms with Crippen molar-refractivity contribution in [2.45, 2.75) is 32.6 Å². The van der Waals surface area contributed by atoms with Gasteiger partial charge in [0.1, 0.15) is 5.69 Å². The average Bonchev–Trinajstić information content (AvgIpc) is 2.12. The van der Waals surface area contributed by atoms with Crippen LogP contribution in [-0.4, -0.2) is 10.8 Å². The molecule has 2 heteroatoms. The second-order valence-corrected chi connectivity index (χ2v) is 4.09. The maximum Gasteiger partial charge on any atom is 0.181 e. The highest BCUT2D eigenvalue weighted by molar-refractivity contribution is 5.95. The smallest absolute Gasteiger partial charge is 0.181 e. The molecule has 0 N–H and O–H groups in total. The molecule has 2 nitrogen and oxygen atoms in total. The van der Waals surface area contributed by atoms with Gasteiger partial charge in [-0.2, -0.15) is 0 Å². The lowest BCUT2D eigenvalue weighted by atomic mass is 9.81. The maximum absolute atomic E-state index is 11.8. The summed E-state index contributed by atoms with van der Waals surface area (Å²) >= 11 is 0. The quantitative estimate of drug-likeness (QED) is 0.684. The number of pyridine rings is 1. The average molecular weight is 189 g/mol. The van der Waals surface area contributed by atoms with Crippen LogP contribution in [0, 0.1) is 12.8 Å². The molecule has 0 saturated heterocycles. The van der Waals surface area contributed by atoms with Crippen LogP contribution in [0.2, 0.25) is 0 Å². The number of aromatic nitrogens is 1. The van der Waals surface area contributed by atoms with Gasteiger partial charge in [-0.25, -0.2) is 0 Å². The van der Waals surface area contributed by atoms with E-state index >= 15 is 0 Å². The second kappa shape index (κ2) is 3.91. The summed E-state index contributed by atoms with van der Waals surface area (Å²) in [6, 6.07) is 3.82. The predicted molar refractivity (Wildman–Crippen MR) is 55.3 cm³/mol. The number of Topliss-reactive ketones (excluding diaryl/α,β-unsaturated/α-hetero) is 1. The minimum absolute atomic E-state index is 0.216. The van der Waals surface area contributed by atoms with E-state index in [-0.39, 0.29) is 5.78 Å². The van der Waals surface area contributed by atoms with Gasteiger partial charge in [-0.05, 0) is 24.5 Å². The summed E-state index contributed by atoms with van der Waals surface area (Å²) in [7, 11) is 0. The Morgan fingerprint density at radius 2 is 2.36 bits per heavy atom. The van der Waals surface area contributed by atoms with Gasteiger partial charge in [-0.3, -0.25) is 9.78 Å². The minimum Gasteiger partial charge on any atom is -0.292 e. The maximum atomic E-state index is 11.8. The standard InChI is InChI=1S/C12H15NO/c1-9-4-3-7-13-12(9)11(14)8-10-5-2-6-10/h3-4,7,10H,2,5-6,8H2,1H3. The highest BCUT2D eigenvalue weighted by atomic mass is 16.1. The topological polar surface area (TPSA) is 30.0 Å². The molecule has 1 saturated carbocycles. The van der Waals surface area contributed by atoms with Crippen LogP contribution in [0.3, 0.4) is 0 Å². The Morgan fingerprint density at radius 3 is 2.93 bits per heavy atom. The third kappa shape index (κ3) is 1.84. The molecule has 1 aromatic rings. The largest absolute Gasteiger partial charge is 0.292 e. The molecule has 74 valence electrons. The van der Waals surface area contributed by atoms with Gasteiger partial charge in [0.2, 0.25) is 0 Å². The van der Waals surface area contributed by atoms with E-state index in [4.69, 9.17) is 0 Å². The van der Waals surface area contributed by atoms with Crippen LogP contribution in [0.15, 0.2) is 18.3 Å². The van der Waals surface area contributed by atoms with E-state index in [2.05, 4.69) is 4.98 Å². The molecule has 1 aromatic heterocycles. The van der Waals surface area contributed by atoms with Crippen molar-refractivity contribution in [3.8, 4) is 0 Å². The molecule has 0 atom stereocenters. The lowest BCUT2D eigenvalue weighted by Gasteiger charge is -2.24. The van der Waals surface area contributed by atoms with Crippen LogP contribution >= 0.6 is 0 Å². The highest BCUT2D eigenvalue weighted by Crippen LogP contribution is 2.30. The number of aryl methyl sites for hydroxylation is 1. The molecular formula is C12H15NO. The Kier molecular flexibility index (Phi) is 2.62. The number of nitrogens with zero attached hydrogens (tertiary/aromatic N) is 1. The van der Waals surface area contributed by atoms with Gasteiger partial charge in [0.15, 0.2) is 5.78 Å². The third-order valence-corrected chi connectivity index (χ3v) is 2.97. The van der Waals surface area contributed by atoms with Gasteiger partial charge in [-0.15, -0.1) is 0 Å². The molecule has 0 bridgehead atoms. The van der Waals surface area contributed by atoms with Crippen molar-refractivity contribution in [2.75, 3.05) is 0 Å². The van der Waals surface area contributed by atoms with E-state index in [9.17, 15) is 4.79 Å². The van der Waals surface area contributed by atoms with Crippen molar-refractivity contribution in [3.05, 3.63) is 29.6 Å². The van der Waals surface area contributed by atoms with Crippen molar-refractivity contribution >= 4 is 5.78 Å². The monoisotopic (exact) mass is 189 g/mol. The number of hydrogen-bond acceptors (Lipinski definition) is 2. The van der Waals surface area contributed by atoms with Gasteiger partial charge in [0.05, 0.1) is 0 Å². The van der Waals surface area contributed by atoms with Gasteiger partial charge in [0.25, 0.3) is 0 Å². The van der Waals surface area contributed by atoms with Crippen molar-refractivity contribution < 1.29 is 4.79 Å². The number of carbonyl (C=O) groups excluding carboxylic acids is 1. The molecule has 1 fully saturated rings. The van der Waals surface area contributed by atoms with Gasteiger partial charge in [0, 0.05) is 12.6 Å². The van der Waals surface area contributed by atoms with Gasteiger partial charge in [-0.1, -0.05) is 25.3 Å². The van der Waals surface area contributed by atoms with Crippen molar-refractivity contribution in [2.24, 2.45) is 5.92 Å². The summed E-state index contributed by atoms with van der Waals surface area (Å²) in [4.78, 5) is 15.9. The zero-order chi connectivity index (χ0) is 9.97. The number of ketones is 1. The fraction of sp³-hybridized carbons (Fsp3) is 0.500. The zero-order valence-corrected chi connectivity index (χ0v) is 8.49. The molecule has 1 aliphatic rings. The normalized spacial score (nSPS) is 16.4. The van der Waals surface area contributed by atoms with Crippen LogP contribution in [0.25, 0.3) is 0 Å². The Bertz CT molecular complexity index is 342. The molecule has 0 spiro atoms. The number of rotatable bonds is 3. The van der Waals surface area contributed by atoms with Crippen molar-refractivity contribution in [1.29, 1.82) is 0 Å². The first-order valence-electron chi connectivity index (χ1n) is 5.22. The first kappa shape index (κ1) is 9.38. The summed E-state index contributed by atoms with van der Waals surface area (Å²) in [5.74, 6) is 0.844. The molecule has 0 radical (unpaired) electrons. The second-order valence-electron chi connectivity index (χ2n) is 4.09. The van der Waals surface area contributed by atoms with Crippen LogP contribution in [0.5, 0.6) is 0 Å². The molecule has 0 aromatic carbocycles. The number of hydrogen-bond donors (Lipinski definition) is 0. The van der Waals surface area contributed by atoms with E-state index in [1.807, 2.05) is 19.1 Å². The van der Waals surface area contributed by atoms with Crippen LogP contribution in [0.4, 0.5) is 0 Å². The Labute approximate surface area is 84.4 Å². The van der Waals surface area contributed by atoms with E-state index in [1.54, 1.807) is 6.20 Å². The molecule has 1 aliphatic carbocycles. The predicted octanol–water partition coefficient (Wildman–Crippen LogP) is 2.76. The summed E-state index contributed by atoms with van der Waals surface area (Å²) in [5.41, 5.74) is 1.66. The van der Waals surface area contributed by atoms with Crippen molar-refractivity contribution in [1.82, 2.24) is 4.98 Å². The molecule has 1 heterocycles. The lowest BCUT2D eigenvalue weighted by Crippen LogP contribution is -2.17.